The number of methoxy groups -OCH3 is 1. The molecule has 2 aromatic carbocycles. The van der Waals surface area contributed by atoms with Crippen LogP contribution in [0.3, 0.4) is 0 Å². The van der Waals surface area contributed by atoms with Crippen LogP contribution in [-0.4, -0.2) is 24.3 Å². The lowest BCUT2D eigenvalue weighted by Gasteiger charge is -2.12. The summed E-state index contributed by atoms with van der Waals surface area (Å²) in [7, 11) is 0.0359. The molecular weight excluding hydrogens is 335 g/mol. The normalized spacial score (nSPS) is 10.5. The van der Waals surface area contributed by atoms with Gasteiger partial charge in [0, 0.05) is 4.47 Å². The average molecular weight is 351 g/mol. The van der Waals surface area contributed by atoms with E-state index in [9.17, 15) is 10.0 Å². The summed E-state index contributed by atoms with van der Waals surface area (Å²) in [5, 5.41) is 18.8. The van der Waals surface area contributed by atoms with E-state index < -0.39 is 7.12 Å². The van der Waals surface area contributed by atoms with E-state index in [1.807, 2.05) is 24.3 Å². The molecule has 2 aromatic rings. The first-order valence-corrected chi connectivity index (χ1v) is 7.25. The second kappa shape index (κ2) is 7.61. The van der Waals surface area contributed by atoms with Crippen LogP contribution in [0.25, 0.3) is 0 Å². The lowest BCUT2D eigenvalue weighted by molar-refractivity contribution is 0.107. The summed E-state index contributed by atoms with van der Waals surface area (Å²) >= 11 is 3.46. The van der Waals surface area contributed by atoms with Gasteiger partial charge in [0.05, 0.1) is 20.3 Å². The van der Waals surface area contributed by atoms with Gasteiger partial charge >= 0.3 is 7.12 Å². The fourth-order valence-electron chi connectivity index (χ4n) is 1.97. The van der Waals surface area contributed by atoms with Crippen molar-refractivity contribution in [3.8, 4) is 5.75 Å². The highest BCUT2D eigenvalue weighted by Crippen LogP contribution is 2.18. The first kappa shape index (κ1) is 16.0. The van der Waals surface area contributed by atoms with Gasteiger partial charge in [0.15, 0.2) is 0 Å². The van der Waals surface area contributed by atoms with E-state index in [1.165, 1.54) is 0 Å². The van der Waals surface area contributed by atoms with E-state index in [1.54, 1.807) is 25.3 Å². The molecule has 0 aromatic heterocycles. The molecule has 0 aliphatic heterocycles. The molecule has 0 aliphatic rings. The van der Waals surface area contributed by atoms with Gasteiger partial charge < -0.3 is 19.5 Å². The summed E-state index contributed by atoms with van der Waals surface area (Å²) in [6.45, 7) is 0.699. The van der Waals surface area contributed by atoms with E-state index in [0.29, 0.717) is 23.4 Å². The molecule has 110 valence electrons. The minimum atomic E-state index is -1.53. The van der Waals surface area contributed by atoms with Crippen LogP contribution >= 0.6 is 15.9 Å². The van der Waals surface area contributed by atoms with E-state index in [-0.39, 0.29) is 6.61 Å². The largest absolute Gasteiger partial charge is 0.497 e. The van der Waals surface area contributed by atoms with Crippen LogP contribution in [0.5, 0.6) is 5.75 Å². The van der Waals surface area contributed by atoms with Gasteiger partial charge in [-0.1, -0.05) is 40.2 Å². The Morgan fingerprint density at radius 1 is 1.05 bits per heavy atom. The van der Waals surface area contributed by atoms with Crippen molar-refractivity contribution in [2.45, 2.75) is 13.2 Å². The number of benzene rings is 2. The monoisotopic (exact) mass is 350 g/mol. The van der Waals surface area contributed by atoms with Crippen LogP contribution in [0.15, 0.2) is 46.9 Å². The van der Waals surface area contributed by atoms with Gasteiger partial charge in [-0.2, -0.15) is 0 Å². The van der Waals surface area contributed by atoms with Gasteiger partial charge in [0.25, 0.3) is 0 Å². The molecule has 0 heterocycles. The zero-order valence-corrected chi connectivity index (χ0v) is 13.2. The summed E-state index contributed by atoms with van der Waals surface area (Å²) in [6, 6.07) is 12.9. The predicted molar refractivity (Wildman–Crippen MR) is 85.5 cm³/mol. The van der Waals surface area contributed by atoms with Gasteiger partial charge in [0.2, 0.25) is 0 Å². The van der Waals surface area contributed by atoms with Crippen LogP contribution in [0.4, 0.5) is 0 Å². The Labute approximate surface area is 132 Å². The minimum absolute atomic E-state index is 0.269. The first-order valence-electron chi connectivity index (χ1n) is 6.46. The SMILES string of the molecule is COc1ccc(B(O)O)c(COCc2ccccc2Br)c1. The third kappa shape index (κ3) is 4.31. The number of hydrogen-bond donors (Lipinski definition) is 2. The van der Waals surface area contributed by atoms with Crippen molar-refractivity contribution in [1.82, 2.24) is 0 Å². The quantitative estimate of drug-likeness (QED) is 0.781. The molecule has 0 aliphatic carbocycles. The van der Waals surface area contributed by atoms with Crippen molar-refractivity contribution in [3.63, 3.8) is 0 Å². The Bertz CT molecular complexity index is 604. The number of hydrogen-bond acceptors (Lipinski definition) is 4. The lowest BCUT2D eigenvalue weighted by atomic mass is 9.77. The molecule has 0 atom stereocenters. The third-order valence-electron chi connectivity index (χ3n) is 3.10. The van der Waals surface area contributed by atoms with Crippen molar-refractivity contribution < 1.29 is 19.5 Å². The molecule has 0 amide bonds. The van der Waals surface area contributed by atoms with Gasteiger partial charge in [-0.05, 0) is 34.8 Å². The Morgan fingerprint density at radius 2 is 1.76 bits per heavy atom. The highest BCUT2D eigenvalue weighted by atomic mass is 79.9. The van der Waals surface area contributed by atoms with Crippen LogP contribution in [0.1, 0.15) is 11.1 Å². The Morgan fingerprint density at radius 3 is 2.43 bits per heavy atom. The summed E-state index contributed by atoms with van der Waals surface area (Å²) < 4.78 is 11.8. The number of ether oxygens (including phenoxy) is 2. The van der Waals surface area contributed by atoms with Crippen molar-refractivity contribution in [2.75, 3.05) is 7.11 Å². The summed E-state index contributed by atoms with van der Waals surface area (Å²) in [4.78, 5) is 0. The summed E-state index contributed by atoms with van der Waals surface area (Å²) in [6.07, 6.45) is 0. The van der Waals surface area contributed by atoms with Crippen LogP contribution < -0.4 is 10.2 Å². The highest BCUT2D eigenvalue weighted by Gasteiger charge is 2.16. The molecule has 4 nitrogen and oxygen atoms in total. The number of halogens is 1. The van der Waals surface area contributed by atoms with Gasteiger partial charge in [-0.25, -0.2) is 0 Å². The second-order valence-corrected chi connectivity index (χ2v) is 5.38. The van der Waals surface area contributed by atoms with E-state index in [2.05, 4.69) is 15.9 Å². The fraction of sp³-hybridized carbons (Fsp3) is 0.200. The Balaban J connectivity index is 2.07. The molecule has 0 saturated carbocycles. The maximum absolute atomic E-state index is 9.38. The van der Waals surface area contributed by atoms with Gasteiger partial charge in [0.1, 0.15) is 5.75 Å². The van der Waals surface area contributed by atoms with Crippen molar-refractivity contribution in [1.29, 1.82) is 0 Å². The molecular formula is C15H16BBrO4. The van der Waals surface area contributed by atoms with Crippen LogP contribution in [0, 0.1) is 0 Å². The zero-order chi connectivity index (χ0) is 15.2. The van der Waals surface area contributed by atoms with E-state index in [0.717, 1.165) is 10.0 Å². The summed E-state index contributed by atoms with van der Waals surface area (Å²) in [5.74, 6) is 0.652. The fourth-order valence-corrected chi connectivity index (χ4v) is 2.37. The first-order chi connectivity index (χ1) is 10.1. The molecule has 6 heteroatoms. The van der Waals surface area contributed by atoms with Gasteiger partial charge in [-0.3, -0.25) is 0 Å². The summed E-state index contributed by atoms with van der Waals surface area (Å²) in [5.41, 5.74) is 2.14. The Kier molecular flexibility index (Phi) is 5.81. The van der Waals surface area contributed by atoms with Crippen LogP contribution in [-0.2, 0) is 18.0 Å². The van der Waals surface area contributed by atoms with E-state index in [4.69, 9.17) is 9.47 Å². The van der Waals surface area contributed by atoms with Crippen molar-refractivity contribution in [2.24, 2.45) is 0 Å². The van der Waals surface area contributed by atoms with E-state index >= 15 is 0 Å². The molecule has 0 radical (unpaired) electrons. The molecule has 0 bridgehead atoms. The van der Waals surface area contributed by atoms with Crippen molar-refractivity contribution >= 4 is 28.5 Å². The minimum Gasteiger partial charge on any atom is -0.497 e. The molecule has 2 N–H and O–H groups in total. The third-order valence-corrected chi connectivity index (χ3v) is 3.87. The van der Waals surface area contributed by atoms with Crippen molar-refractivity contribution in [3.05, 3.63) is 58.1 Å². The maximum Gasteiger partial charge on any atom is 0.488 e. The lowest BCUT2D eigenvalue weighted by Crippen LogP contribution is -2.33. The molecule has 0 spiro atoms. The second-order valence-electron chi connectivity index (χ2n) is 4.52. The zero-order valence-electron chi connectivity index (χ0n) is 11.6. The standard InChI is InChI=1S/C15H16BBrO4/c1-20-13-6-7-14(16(18)19)12(8-13)10-21-9-11-4-2-3-5-15(11)17/h2-8,18-19H,9-10H2,1H3. The smallest absolute Gasteiger partial charge is 0.488 e. The highest BCUT2D eigenvalue weighted by molar-refractivity contribution is 9.10. The topological polar surface area (TPSA) is 58.9 Å². The average Bonchev–Trinajstić information content (AvgIpc) is 2.48. The molecule has 0 saturated heterocycles. The molecule has 2 rings (SSSR count). The molecule has 21 heavy (non-hydrogen) atoms. The maximum atomic E-state index is 9.38. The molecule has 0 fully saturated rings. The predicted octanol–water partition coefficient (Wildman–Crippen LogP) is 1.85. The van der Waals surface area contributed by atoms with Crippen LogP contribution in [0.2, 0.25) is 0 Å². The number of rotatable bonds is 6. The molecule has 0 unspecified atom stereocenters. The van der Waals surface area contributed by atoms with Gasteiger partial charge in [-0.15, -0.1) is 0 Å². The Hall–Kier alpha value is -1.34.